The number of hydrogen-bond donors (Lipinski definition) is 0. The quantitative estimate of drug-likeness (QED) is 0.537. The summed E-state index contributed by atoms with van der Waals surface area (Å²) < 4.78 is 0. The molecule has 3 rings (SSSR count). The third-order valence-corrected chi connectivity index (χ3v) is 2.38. The molecule has 0 nitrogen and oxygen atoms in total. The smallest absolute Gasteiger partial charge is 0.0149 e. The van der Waals surface area contributed by atoms with Crippen LogP contribution in [0.3, 0.4) is 0 Å². The van der Waals surface area contributed by atoms with Crippen LogP contribution in [0.1, 0.15) is 24.3 Å². The standard InChI is InChI=1S/C9H8/c1-2-6(1)9-5-7-3-4-8(7)9/h3-6H,1-2H2. The first-order valence-electron chi connectivity index (χ1n) is 3.59. The molecular formula is C9H8. The zero-order valence-corrected chi connectivity index (χ0v) is 5.22. The lowest BCUT2D eigenvalue weighted by Crippen LogP contribution is -1.97. The molecule has 1 fully saturated rings. The van der Waals surface area contributed by atoms with E-state index in [0.29, 0.717) is 0 Å². The monoisotopic (exact) mass is 116 g/mol. The average Bonchev–Trinajstić information content (AvgIpc) is 2.57. The second-order valence-electron chi connectivity index (χ2n) is 3.08. The molecule has 0 bridgehead atoms. The Morgan fingerprint density at radius 3 is 2.44 bits per heavy atom. The number of hydrogen-bond acceptors (Lipinski definition) is 0. The number of benzene rings is 1. The van der Waals surface area contributed by atoms with Crippen molar-refractivity contribution in [3.05, 3.63) is 23.8 Å². The molecule has 0 radical (unpaired) electrons. The van der Waals surface area contributed by atoms with Gasteiger partial charge in [-0.25, -0.2) is 0 Å². The Balaban J connectivity index is 2.13. The van der Waals surface area contributed by atoms with Crippen LogP contribution in [0.4, 0.5) is 0 Å². The van der Waals surface area contributed by atoms with Gasteiger partial charge in [0.25, 0.3) is 0 Å². The number of rotatable bonds is 1. The maximum Gasteiger partial charge on any atom is -0.0149 e. The molecule has 0 aromatic carbocycles. The molecule has 0 heterocycles. The molecule has 0 aromatic heterocycles. The van der Waals surface area contributed by atoms with Gasteiger partial charge >= 0.3 is 0 Å². The Bertz CT molecular complexity index is 269. The summed E-state index contributed by atoms with van der Waals surface area (Å²) in [5.74, 6) is 0.966. The Morgan fingerprint density at radius 2 is 2.11 bits per heavy atom. The van der Waals surface area contributed by atoms with Crippen molar-refractivity contribution in [2.24, 2.45) is 0 Å². The second kappa shape index (κ2) is 1.06. The zero-order valence-electron chi connectivity index (χ0n) is 5.22. The van der Waals surface area contributed by atoms with E-state index in [1.807, 2.05) is 0 Å². The molecule has 3 aliphatic carbocycles. The normalized spacial score (nSPS) is 20.0. The summed E-state index contributed by atoms with van der Waals surface area (Å²) in [6.07, 6.45) is 2.88. The Kier molecular flexibility index (Phi) is 0.484. The van der Waals surface area contributed by atoms with Crippen LogP contribution in [0.25, 0.3) is 11.1 Å². The van der Waals surface area contributed by atoms with Gasteiger partial charge in [0, 0.05) is 0 Å². The SMILES string of the molecule is c1cc2c(C3CC3)cc1-2. The molecule has 44 valence electrons. The van der Waals surface area contributed by atoms with Crippen molar-refractivity contribution in [2.75, 3.05) is 0 Å². The Morgan fingerprint density at radius 1 is 1.22 bits per heavy atom. The molecule has 0 spiro atoms. The molecule has 0 amide bonds. The zero-order chi connectivity index (χ0) is 5.84. The molecule has 0 aromatic rings. The van der Waals surface area contributed by atoms with Gasteiger partial charge < -0.3 is 0 Å². The van der Waals surface area contributed by atoms with E-state index in [0.717, 1.165) is 5.92 Å². The first kappa shape index (κ1) is 4.10. The van der Waals surface area contributed by atoms with E-state index < -0.39 is 0 Å². The van der Waals surface area contributed by atoms with E-state index in [1.165, 1.54) is 18.4 Å². The Hall–Kier alpha value is -0.780. The molecule has 0 N–H and O–H groups in total. The minimum Gasteiger partial charge on any atom is -0.0537 e. The highest BCUT2D eigenvalue weighted by molar-refractivity contribution is 5.82. The lowest BCUT2D eigenvalue weighted by Gasteiger charge is -2.20. The van der Waals surface area contributed by atoms with Gasteiger partial charge in [-0.2, -0.15) is 0 Å². The maximum absolute atomic E-state index is 2.34. The van der Waals surface area contributed by atoms with E-state index in [4.69, 9.17) is 0 Å². The van der Waals surface area contributed by atoms with Crippen molar-refractivity contribution >= 4 is 0 Å². The largest absolute Gasteiger partial charge is 0.0537 e. The fourth-order valence-corrected chi connectivity index (χ4v) is 1.55. The van der Waals surface area contributed by atoms with Crippen LogP contribution in [-0.2, 0) is 0 Å². The van der Waals surface area contributed by atoms with E-state index in [1.54, 1.807) is 11.1 Å². The van der Waals surface area contributed by atoms with E-state index in [-0.39, 0.29) is 0 Å². The highest BCUT2D eigenvalue weighted by Crippen LogP contribution is 2.50. The van der Waals surface area contributed by atoms with Crippen molar-refractivity contribution in [3.63, 3.8) is 0 Å². The topological polar surface area (TPSA) is 0 Å². The summed E-state index contributed by atoms with van der Waals surface area (Å²) in [5.41, 5.74) is 4.71. The van der Waals surface area contributed by atoms with Crippen molar-refractivity contribution in [1.82, 2.24) is 0 Å². The average molecular weight is 116 g/mol. The molecule has 9 heavy (non-hydrogen) atoms. The molecule has 0 heteroatoms. The van der Waals surface area contributed by atoms with Crippen LogP contribution in [0.5, 0.6) is 0 Å². The second-order valence-corrected chi connectivity index (χ2v) is 3.08. The van der Waals surface area contributed by atoms with Crippen LogP contribution >= 0.6 is 0 Å². The van der Waals surface area contributed by atoms with Crippen molar-refractivity contribution in [3.8, 4) is 11.1 Å². The van der Waals surface area contributed by atoms with Crippen LogP contribution in [0.15, 0.2) is 18.2 Å². The van der Waals surface area contributed by atoms with Gasteiger partial charge in [0.05, 0.1) is 0 Å². The molecule has 0 unspecified atom stereocenters. The molecule has 0 atom stereocenters. The molecular weight excluding hydrogens is 108 g/mol. The molecule has 1 saturated carbocycles. The minimum atomic E-state index is 0.966. The fraction of sp³-hybridized carbons (Fsp3) is 0.333. The van der Waals surface area contributed by atoms with Gasteiger partial charge in [0.15, 0.2) is 0 Å². The summed E-state index contributed by atoms with van der Waals surface area (Å²) in [5, 5.41) is 0. The number of fused-ring (bicyclic) bond motifs is 1. The lowest BCUT2D eigenvalue weighted by molar-refractivity contribution is 1.11. The van der Waals surface area contributed by atoms with Crippen molar-refractivity contribution in [1.29, 1.82) is 0 Å². The van der Waals surface area contributed by atoms with Crippen molar-refractivity contribution in [2.45, 2.75) is 18.8 Å². The summed E-state index contributed by atoms with van der Waals surface area (Å²) in [6.45, 7) is 0. The predicted molar refractivity (Wildman–Crippen MR) is 37.4 cm³/mol. The summed E-state index contributed by atoms with van der Waals surface area (Å²) in [6, 6.07) is 6.78. The van der Waals surface area contributed by atoms with Crippen LogP contribution in [0.2, 0.25) is 0 Å². The first-order chi connectivity index (χ1) is 4.45. The third-order valence-electron chi connectivity index (χ3n) is 2.38. The van der Waals surface area contributed by atoms with Crippen LogP contribution in [-0.4, -0.2) is 0 Å². The van der Waals surface area contributed by atoms with Gasteiger partial charge in [-0.1, -0.05) is 18.2 Å². The lowest BCUT2D eigenvalue weighted by atomic mass is 9.84. The predicted octanol–water partition coefficient (Wildman–Crippen LogP) is 2.54. The molecule has 0 saturated heterocycles. The third kappa shape index (κ3) is 0.365. The van der Waals surface area contributed by atoms with Gasteiger partial charge in [-0.15, -0.1) is 0 Å². The first-order valence-corrected chi connectivity index (χ1v) is 3.59. The van der Waals surface area contributed by atoms with Gasteiger partial charge in [0.2, 0.25) is 0 Å². The van der Waals surface area contributed by atoms with E-state index in [2.05, 4.69) is 18.2 Å². The van der Waals surface area contributed by atoms with Crippen LogP contribution in [0, 0.1) is 0 Å². The maximum atomic E-state index is 2.34. The van der Waals surface area contributed by atoms with Gasteiger partial charge in [-0.05, 0) is 35.4 Å². The van der Waals surface area contributed by atoms with Gasteiger partial charge in [0.1, 0.15) is 0 Å². The Labute approximate surface area is 54.5 Å². The van der Waals surface area contributed by atoms with Crippen LogP contribution < -0.4 is 0 Å². The van der Waals surface area contributed by atoms with E-state index in [9.17, 15) is 0 Å². The van der Waals surface area contributed by atoms with E-state index >= 15 is 0 Å². The fourth-order valence-electron chi connectivity index (χ4n) is 1.55. The minimum absolute atomic E-state index is 0.966. The summed E-state index contributed by atoms with van der Waals surface area (Å²) in [7, 11) is 0. The molecule has 0 aliphatic heterocycles. The summed E-state index contributed by atoms with van der Waals surface area (Å²) in [4.78, 5) is 0. The molecule has 3 aliphatic rings. The van der Waals surface area contributed by atoms with Gasteiger partial charge in [-0.3, -0.25) is 0 Å². The highest BCUT2D eigenvalue weighted by Gasteiger charge is 2.30. The highest BCUT2D eigenvalue weighted by atomic mass is 14.3. The van der Waals surface area contributed by atoms with Crippen molar-refractivity contribution < 1.29 is 0 Å². The summed E-state index contributed by atoms with van der Waals surface area (Å²) >= 11 is 0.